The molecule has 0 N–H and O–H groups in total. The van der Waals surface area contributed by atoms with Crippen molar-refractivity contribution in [1.82, 2.24) is 4.90 Å². The molecule has 0 aliphatic rings. The van der Waals surface area contributed by atoms with Crippen molar-refractivity contribution < 1.29 is 4.79 Å². The van der Waals surface area contributed by atoms with Crippen LogP contribution in [0.2, 0.25) is 0 Å². The van der Waals surface area contributed by atoms with Gasteiger partial charge in [0, 0.05) is 18.0 Å². The van der Waals surface area contributed by atoms with Gasteiger partial charge in [-0.1, -0.05) is 13.8 Å². The van der Waals surface area contributed by atoms with Crippen LogP contribution in [0.15, 0.2) is 0 Å². The highest BCUT2D eigenvalue weighted by Gasteiger charge is 2.25. The Kier molecular flexibility index (Phi) is 3.75. The van der Waals surface area contributed by atoms with Crippen molar-refractivity contribution in [3.63, 3.8) is 0 Å². The monoisotopic (exact) mass is 171 g/mol. The van der Waals surface area contributed by atoms with Crippen LogP contribution in [0, 0.1) is 5.92 Å². The Balaban J connectivity index is 4.47. The summed E-state index contributed by atoms with van der Waals surface area (Å²) >= 11 is 0. The van der Waals surface area contributed by atoms with Gasteiger partial charge >= 0.3 is 0 Å². The van der Waals surface area contributed by atoms with Crippen molar-refractivity contribution in [3.8, 4) is 0 Å². The van der Waals surface area contributed by atoms with E-state index in [9.17, 15) is 4.79 Å². The maximum absolute atomic E-state index is 11.6. The minimum absolute atomic E-state index is 0.0455. The molecule has 0 heterocycles. The van der Waals surface area contributed by atoms with Crippen LogP contribution in [0.3, 0.4) is 0 Å². The summed E-state index contributed by atoms with van der Waals surface area (Å²) in [7, 11) is 0. The predicted molar refractivity (Wildman–Crippen MR) is 52.0 cm³/mol. The maximum Gasteiger partial charge on any atom is 0.225 e. The van der Waals surface area contributed by atoms with Gasteiger partial charge in [0.2, 0.25) is 5.91 Å². The molecule has 0 fully saturated rings. The van der Waals surface area contributed by atoms with E-state index in [0.717, 1.165) is 6.54 Å². The molecule has 2 nitrogen and oxygen atoms in total. The van der Waals surface area contributed by atoms with Gasteiger partial charge in [0.05, 0.1) is 0 Å². The summed E-state index contributed by atoms with van der Waals surface area (Å²) in [4.78, 5) is 13.6. The van der Waals surface area contributed by atoms with E-state index < -0.39 is 0 Å². The van der Waals surface area contributed by atoms with Gasteiger partial charge in [0.1, 0.15) is 0 Å². The summed E-state index contributed by atoms with van der Waals surface area (Å²) in [5, 5.41) is 0. The van der Waals surface area contributed by atoms with Gasteiger partial charge in [0.25, 0.3) is 0 Å². The van der Waals surface area contributed by atoms with Crippen molar-refractivity contribution in [2.24, 2.45) is 5.92 Å². The highest BCUT2D eigenvalue weighted by molar-refractivity contribution is 5.78. The molecule has 0 saturated heterocycles. The third kappa shape index (κ3) is 2.84. The van der Waals surface area contributed by atoms with Gasteiger partial charge < -0.3 is 4.90 Å². The predicted octanol–water partition coefficient (Wildman–Crippen LogP) is 2.29. The highest BCUT2D eigenvalue weighted by Crippen LogP contribution is 2.15. The zero-order chi connectivity index (χ0) is 9.94. The third-order valence-corrected chi connectivity index (χ3v) is 1.89. The fraction of sp³-hybridized carbons (Fsp3) is 0.900. The molecule has 0 aromatic heterocycles. The summed E-state index contributed by atoms with van der Waals surface area (Å²) in [5.41, 5.74) is -0.0455. The molecule has 1 amide bonds. The Bertz CT molecular complexity index is 156. The second-order valence-electron chi connectivity index (χ2n) is 4.41. The molecule has 0 aliphatic carbocycles. The molecular weight excluding hydrogens is 150 g/mol. The van der Waals surface area contributed by atoms with Crippen LogP contribution >= 0.6 is 0 Å². The Labute approximate surface area is 75.9 Å². The molecule has 0 unspecified atom stereocenters. The summed E-state index contributed by atoms with van der Waals surface area (Å²) < 4.78 is 0. The number of hydrogen-bond donors (Lipinski definition) is 0. The molecule has 0 aliphatic heterocycles. The zero-order valence-electron chi connectivity index (χ0n) is 9.14. The van der Waals surface area contributed by atoms with Crippen molar-refractivity contribution in [2.75, 3.05) is 6.54 Å². The summed E-state index contributed by atoms with van der Waals surface area (Å²) in [6.45, 7) is 12.9. The van der Waals surface area contributed by atoms with E-state index in [0.29, 0.717) is 0 Å². The number of nitrogens with zero attached hydrogens (tertiary/aromatic N) is 1. The van der Waals surface area contributed by atoms with E-state index in [-0.39, 0.29) is 17.4 Å². The average molecular weight is 171 g/mol. The van der Waals surface area contributed by atoms with Crippen molar-refractivity contribution in [1.29, 1.82) is 0 Å². The smallest absolute Gasteiger partial charge is 0.225 e. The lowest BCUT2D eigenvalue weighted by molar-refractivity contribution is -0.138. The molecule has 0 radical (unpaired) electrons. The summed E-state index contributed by atoms with van der Waals surface area (Å²) in [6, 6.07) is 0. The van der Waals surface area contributed by atoms with E-state index in [1.807, 2.05) is 25.7 Å². The van der Waals surface area contributed by atoms with E-state index in [1.165, 1.54) is 0 Å². The van der Waals surface area contributed by atoms with Gasteiger partial charge in [-0.2, -0.15) is 0 Å². The van der Waals surface area contributed by atoms with Crippen LogP contribution in [0.25, 0.3) is 0 Å². The van der Waals surface area contributed by atoms with Gasteiger partial charge in [-0.25, -0.2) is 0 Å². The number of hydrogen-bond acceptors (Lipinski definition) is 1. The quantitative estimate of drug-likeness (QED) is 0.624. The Morgan fingerprint density at radius 1 is 1.33 bits per heavy atom. The molecule has 72 valence electrons. The molecule has 0 rings (SSSR count). The Morgan fingerprint density at radius 3 is 1.83 bits per heavy atom. The largest absolute Gasteiger partial charge is 0.338 e. The SMILES string of the molecule is CCN(C(=O)C(C)C)C(C)(C)C. The Hall–Kier alpha value is -0.530. The second kappa shape index (κ2) is 3.92. The molecule has 0 atom stereocenters. The molecule has 0 aromatic carbocycles. The second-order valence-corrected chi connectivity index (χ2v) is 4.41. The first-order valence-electron chi connectivity index (χ1n) is 4.62. The van der Waals surface area contributed by atoms with Crippen molar-refractivity contribution in [2.45, 2.75) is 47.1 Å². The van der Waals surface area contributed by atoms with Gasteiger partial charge in [-0.3, -0.25) is 4.79 Å². The molecule has 0 bridgehead atoms. The lowest BCUT2D eigenvalue weighted by atomic mass is 10.0. The van der Waals surface area contributed by atoms with Crippen molar-refractivity contribution in [3.05, 3.63) is 0 Å². The van der Waals surface area contributed by atoms with Crippen molar-refractivity contribution >= 4 is 5.91 Å². The van der Waals surface area contributed by atoms with E-state index >= 15 is 0 Å². The van der Waals surface area contributed by atoms with Crippen LogP contribution in [0.1, 0.15) is 41.5 Å². The molecule has 0 spiro atoms. The van der Waals surface area contributed by atoms with Crippen LogP contribution in [0.4, 0.5) is 0 Å². The van der Waals surface area contributed by atoms with Gasteiger partial charge in [0.15, 0.2) is 0 Å². The lowest BCUT2D eigenvalue weighted by Gasteiger charge is -2.36. The van der Waals surface area contributed by atoms with Gasteiger partial charge in [-0.15, -0.1) is 0 Å². The minimum Gasteiger partial charge on any atom is -0.338 e. The molecule has 0 saturated carbocycles. The Morgan fingerprint density at radius 2 is 1.75 bits per heavy atom. The topological polar surface area (TPSA) is 20.3 Å². The van der Waals surface area contributed by atoms with E-state index in [4.69, 9.17) is 0 Å². The van der Waals surface area contributed by atoms with E-state index in [2.05, 4.69) is 20.8 Å². The summed E-state index contributed by atoms with van der Waals surface area (Å²) in [5.74, 6) is 0.342. The third-order valence-electron chi connectivity index (χ3n) is 1.89. The minimum atomic E-state index is -0.0455. The fourth-order valence-corrected chi connectivity index (χ4v) is 1.27. The molecule has 12 heavy (non-hydrogen) atoms. The average Bonchev–Trinajstić information content (AvgIpc) is 1.85. The number of carbonyl (C=O) groups excluding carboxylic acids is 1. The number of rotatable bonds is 2. The van der Waals surface area contributed by atoms with E-state index in [1.54, 1.807) is 0 Å². The first kappa shape index (κ1) is 11.5. The molecule has 0 aromatic rings. The van der Waals surface area contributed by atoms with Crippen LogP contribution in [-0.2, 0) is 4.79 Å². The first-order chi connectivity index (χ1) is 5.30. The van der Waals surface area contributed by atoms with Gasteiger partial charge in [-0.05, 0) is 27.7 Å². The van der Waals surface area contributed by atoms with Crippen LogP contribution < -0.4 is 0 Å². The number of carbonyl (C=O) groups is 1. The fourth-order valence-electron chi connectivity index (χ4n) is 1.27. The normalized spacial score (nSPS) is 11.9. The molecular formula is C10H21NO. The maximum atomic E-state index is 11.6. The highest BCUT2D eigenvalue weighted by atomic mass is 16.2. The first-order valence-corrected chi connectivity index (χ1v) is 4.62. The van der Waals surface area contributed by atoms with Crippen LogP contribution in [-0.4, -0.2) is 22.9 Å². The zero-order valence-corrected chi connectivity index (χ0v) is 9.14. The lowest BCUT2D eigenvalue weighted by Crippen LogP contribution is -2.47. The standard InChI is InChI=1S/C10H21NO/c1-7-11(10(4,5)6)9(12)8(2)3/h8H,7H2,1-6H3. The van der Waals surface area contributed by atoms with Crippen LogP contribution in [0.5, 0.6) is 0 Å². The molecule has 2 heteroatoms. The summed E-state index contributed by atoms with van der Waals surface area (Å²) in [6.07, 6.45) is 0. The number of amides is 1.